The van der Waals surface area contributed by atoms with E-state index in [0.717, 1.165) is 59.2 Å². The number of rotatable bonds is 8. The Morgan fingerprint density at radius 2 is 1.78 bits per heavy atom. The van der Waals surface area contributed by atoms with Crippen LogP contribution in [0, 0.1) is 17.5 Å². The molecule has 0 atom stereocenters. The molecule has 0 aromatic heterocycles. The summed E-state index contributed by atoms with van der Waals surface area (Å²) in [5.41, 5.74) is 2.83. The number of esters is 1. The van der Waals surface area contributed by atoms with E-state index in [1.54, 1.807) is 0 Å². The lowest BCUT2D eigenvalue weighted by molar-refractivity contribution is 0.0541. The first kappa shape index (κ1) is 36.6. The zero-order chi connectivity index (χ0) is 38.5. The van der Waals surface area contributed by atoms with E-state index in [9.17, 15) is 17.8 Å². The molecule has 0 aliphatic carbocycles. The Morgan fingerprint density at radius 3 is 2.52 bits per heavy atom. The first-order valence-electron chi connectivity index (χ1n) is 18.0. The van der Waals surface area contributed by atoms with Gasteiger partial charge in [-0.3, -0.25) is 0 Å². The van der Waals surface area contributed by atoms with Gasteiger partial charge in [-0.25, -0.2) is 31.0 Å². The van der Waals surface area contributed by atoms with Gasteiger partial charge in [0.05, 0.1) is 31.8 Å². The third-order valence-corrected chi connectivity index (χ3v) is 13.1. The number of carbonyl (C=O) groups excluding carboxylic acids is 1. The van der Waals surface area contributed by atoms with Gasteiger partial charge in [0.2, 0.25) is 5.36 Å². The molecule has 282 valence electrons. The Labute approximate surface area is 316 Å². The highest BCUT2D eigenvalue weighted by molar-refractivity contribution is 8.00. The molecule has 8 rings (SSSR count). The van der Waals surface area contributed by atoms with Crippen molar-refractivity contribution in [3.63, 3.8) is 0 Å². The lowest BCUT2D eigenvalue weighted by Crippen LogP contribution is -2.52. The van der Waals surface area contributed by atoms with E-state index in [-0.39, 0.29) is 23.3 Å². The standard InChI is InChI=1S/C41H39F3N2O6S2/c1-6-17-51-39(47)30-29(32(43)38(33(44)31(30)42)53-18-19-54(48,49)50)28-26-20-22-11-13-40(2,3)45-15-7-9-24(34(22)45)36(26)52-37-25-10-8-16-46-35(25)23(21-27(28)37)12-14-41(46,4)5/h6,11-14,20-21H,1,7-10,15-19H2,2-5H3. The Kier molecular flexibility index (Phi) is 8.74. The van der Waals surface area contributed by atoms with Crippen LogP contribution in [0.1, 0.15) is 84.3 Å². The maximum atomic E-state index is 17.5. The van der Waals surface area contributed by atoms with E-state index < -0.39 is 61.1 Å². The SMILES string of the molecule is C=CCOC(=O)c1c(F)c(F)c(SCCS(=O)(=O)[O-])c(F)c1C1=c2cc3c4c(c2Oc2c1cc1c5c2CCCN5C(C)(C)C=C1)CCC[N+]=4C(C)(C)C=C3. The summed E-state index contributed by atoms with van der Waals surface area (Å²) in [6.07, 6.45) is 12.3. The van der Waals surface area contributed by atoms with Crippen LogP contribution >= 0.6 is 11.8 Å². The fourth-order valence-corrected chi connectivity index (χ4v) is 10.4. The lowest BCUT2D eigenvalue weighted by atomic mass is 9.80. The molecule has 5 aliphatic rings. The molecule has 0 bridgehead atoms. The van der Waals surface area contributed by atoms with Crippen LogP contribution in [-0.2, 0) is 27.7 Å². The monoisotopic (exact) mass is 776 g/mol. The van der Waals surface area contributed by atoms with E-state index in [4.69, 9.17) is 9.47 Å². The molecule has 0 radical (unpaired) electrons. The van der Waals surface area contributed by atoms with Gasteiger partial charge in [-0.05, 0) is 63.0 Å². The second kappa shape index (κ2) is 12.9. The van der Waals surface area contributed by atoms with Crippen molar-refractivity contribution in [3.8, 4) is 11.5 Å². The number of fused-ring (bicyclic) bond motifs is 4. The molecule has 0 saturated heterocycles. The van der Waals surface area contributed by atoms with Crippen molar-refractivity contribution in [2.75, 3.05) is 36.1 Å². The number of halogens is 3. The summed E-state index contributed by atoms with van der Waals surface area (Å²) in [7, 11) is -4.76. The van der Waals surface area contributed by atoms with Crippen molar-refractivity contribution in [3.05, 3.63) is 104 Å². The Morgan fingerprint density at radius 1 is 1.04 bits per heavy atom. The van der Waals surface area contributed by atoms with E-state index in [1.807, 2.05) is 24.3 Å². The summed E-state index contributed by atoms with van der Waals surface area (Å²) >= 11 is 0.355. The van der Waals surface area contributed by atoms with Gasteiger partial charge in [0.25, 0.3) is 0 Å². The quantitative estimate of drug-likeness (QED) is 0.0519. The smallest absolute Gasteiger partial charge is 0.342 e. The van der Waals surface area contributed by atoms with Crippen molar-refractivity contribution in [2.24, 2.45) is 0 Å². The van der Waals surface area contributed by atoms with Crippen molar-refractivity contribution in [2.45, 2.75) is 69.4 Å². The van der Waals surface area contributed by atoms with Crippen LogP contribution in [0.25, 0.3) is 17.7 Å². The van der Waals surface area contributed by atoms with E-state index >= 15 is 13.2 Å². The summed E-state index contributed by atoms with van der Waals surface area (Å²) in [5, 5.41) is 1.38. The fourth-order valence-electron chi connectivity index (χ4n) is 8.56. The minimum atomic E-state index is -4.76. The molecular weight excluding hydrogens is 738 g/mol. The minimum Gasteiger partial charge on any atom is -0.748 e. The summed E-state index contributed by atoms with van der Waals surface area (Å²) in [4.78, 5) is 15.2. The van der Waals surface area contributed by atoms with Crippen molar-refractivity contribution in [1.82, 2.24) is 4.58 Å². The number of thioether (sulfide) groups is 1. The van der Waals surface area contributed by atoms with Gasteiger partial charge in [-0.2, -0.15) is 0 Å². The van der Waals surface area contributed by atoms with Gasteiger partial charge in [0.15, 0.2) is 17.2 Å². The molecule has 5 heterocycles. The van der Waals surface area contributed by atoms with Gasteiger partial charge in [-0.15, -0.1) is 11.8 Å². The zero-order valence-electron chi connectivity index (χ0n) is 30.4. The molecule has 0 spiro atoms. The fraction of sp³-hybridized carbons (Fsp3) is 0.366. The number of benzene rings is 3. The zero-order valence-corrected chi connectivity index (χ0v) is 32.0. The number of ether oxygens (including phenoxy) is 2. The van der Waals surface area contributed by atoms with Crippen LogP contribution in [0.3, 0.4) is 0 Å². The van der Waals surface area contributed by atoms with Gasteiger partial charge < -0.3 is 18.9 Å². The third kappa shape index (κ3) is 5.73. The van der Waals surface area contributed by atoms with E-state index in [0.29, 0.717) is 46.9 Å². The average molecular weight is 777 g/mol. The topological polar surface area (TPSA) is 99.0 Å². The highest BCUT2D eigenvalue weighted by atomic mass is 32.2. The molecule has 0 N–H and O–H groups in total. The molecule has 54 heavy (non-hydrogen) atoms. The predicted octanol–water partition coefficient (Wildman–Crippen LogP) is 6.24. The number of carbonyl (C=O) groups is 1. The van der Waals surface area contributed by atoms with Crippen LogP contribution in [-0.4, -0.2) is 61.2 Å². The van der Waals surface area contributed by atoms with Gasteiger partial charge >= 0.3 is 5.97 Å². The molecule has 0 fully saturated rings. The molecule has 5 aliphatic heterocycles. The average Bonchev–Trinajstić information content (AvgIpc) is 3.12. The number of anilines is 1. The van der Waals surface area contributed by atoms with Crippen LogP contribution in [0.15, 0.2) is 41.8 Å². The molecule has 0 unspecified atom stereocenters. The largest absolute Gasteiger partial charge is 0.748 e. The highest BCUT2D eigenvalue weighted by Crippen LogP contribution is 2.51. The summed E-state index contributed by atoms with van der Waals surface area (Å²) in [6, 6.07) is 3.70. The van der Waals surface area contributed by atoms with Gasteiger partial charge in [0.1, 0.15) is 36.0 Å². The predicted molar refractivity (Wildman–Crippen MR) is 202 cm³/mol. The maximum Gasteiger partial charge on any atom is 0.342 e. The van der Waals surface area contributed by atoms with Crippen molar-refractivity contribution in [1.29, 1.82) is 0 Å². The second-order valence-corrected chi connectivity index (χ2v) is 17.9. The van der Waals surface area contributed by atoms with Crippen LogP contribution in [0.4, 0.5) is 18.9 Å². The number of hydrogen-bond acceptors (Lipinski definition) is 8. The first-order chi connectivity index (χ1) is 25.5. The van der Waals surface area contributed by atoms with Crippen LogP contribution in [0.2, 0.25) is 0 Å². The second-order valence-electron chi connectivity index (χ2n) is 15.3. The minimum absolute atomic E-state index is 0.121. The molecule has 3 aromatic rings. The van der Waals surface area contributed by atoms with Crippen molar-refractivity contribution < 1.29 is 40.4 Å². The number of hydrogen-bond donors (Lipinski definition) is 0. The molecular formula is C41H39F3N2O6S2. The lowest BCUT2D eigenvalue weighted by Gasteiger charge is -2.46. The third-order valence-electron chi connectivity index (χ3n) is 11.0. The number of nitrogens with zero attached hydrogens (tertiary/aromatic N) is 2. The van der Waals surface area contributed by atoms with Crippen LogP contribution < -0.4 is 24.8 Å². The van der Waals surface area contributed by atoms with Gasteiger partial charge in [-0.1, -0.05) is 24.8 Å². The Hall–Kier alpha value is -4.33. The summed E-state index contributed by atoms with van der Waals surface area (Å²) < 4.78 is 98.9. The van der Waals surface area contributed by atoms with E-state index in [2.05, 4.69) is 55.9 Å². The van der Waals surface area contributed by atoms with Crippen molar-refractivity contribution >= 4 is 51.3 Å². The Bertz CT molecular complexity index is 2520. The summed E-state index contributed by atoms with van der Waals surface area (Å²) in [6.45, 7) is 13.3. The molecule has 8 nitrogen and oxygen atoms in total. The molecule has 0 amide bonds. The molecule has 13 heteroatoms. The molecule has 3 aromatic carbocycles. The summed E-state index contributed by atoms with van der Waals surface area (Å²) in [5.74, 6) is -6.53. The van der Waals surface area contributed by atoms with Crippen LogP contribution in [0.5, 0.6) is 11.5 Å². The Balaban J connectivity index is 1.54. The van der Waals surface area contributed by atoms with Gasteiger partial charge in [0, 0.05) is 71.4 Å². The first-order valence-corrected chi connectivity index (χ1v) is 20.5. The van der Waals surface area contributed by atoms with E-state index in [1.165, 1.54) is 6.08 Å². The highest BCUT2D eigenvalue weighted by Gasteiger charge is 2.42. The maximum absolute atomic E-state index is 17.5. The normalized spacial score (nSPS) is 18.3. The molecule has 0 saturated carbocycles.